The molecule has 0 heterocycles. The van der Waals surface area contributed by atoms with E-state index in [1.807, 2.05) is 0 Å². The number of hydrogen-bond acceptors (Lipinski definition) is 4. The van der Waals surface area contributed by atoms with E-state index in [-0.39, 0.29) is 0 Å². The third-order valence-corrected chi connectivity index (χ3v) is 3.65. The fraction of sp³-hybridized carbons (Fsp3) is 0.588. The summed E-state index contributed by atoms with van der Waals surface area (Å²) < 4.78 is 5.21. The molecule has 22 heavy (non-hydrogen) atoms. The molecule has 0 unspecified atom stereocenters. The van der Waals surface area contributed by atoms with Gasteiger partial charge in [0.05, 0.1) is 12.2 Å². The molecular formula is C17H27BO4. The third kappa shape index (κ3) is 7.62. The summed E-state index contributed by atoms with van der Waals surface area (Å²) in [4.78, 5) is 11.8. The monoisotopic (exact) mass is 306 g/mol. The Morgan fingerprint density at radius 3 is 2.32 bits per heavy atom. The van der Waals surface area contributed by atoms with Crippen LogP contribution in [0.15, 0.2) is 24.3 Å². The van der Waals surface area contributed by atoms with Gasteiger partial charge in [-0.25, -0.2) is 4.79 Å². The second-order valence-corrected chi connectivity index (χ2v) is 5.61. The van der Waals surface area contributed by atoms with Crippen molar-refractivity contribution >= 4 is 18.6 Å². The first-order chi connectivity index (χ1) is 10.6. The van der Waals surface area contributed by atoms with Crippen LogP contribution in [0.4, 0.5) is 0 Å². The van der Waals surface area contributed by atoms with Crippen molar-refractivity contribution in [3.05, 3.63) is 29.8 Å². The SMILES string of the molecule is CCCCCCCCCCOC(=O)c1cccc(B(O)O)c1. The van der Waals surface area contributed by atoms with E-state index in [0.717, 1.165) is 12.8 Å². The van der Waals surface area contributed by atoms with Gasteiger partial charge in [0.25, 0.3) is 0 Å². The van der Waals surface area contributed by atoms with Crippen LogP contribution in [0.5, 0.6) is 0 Å². The molecule has 0 bridgehead atoms. The molecule has 1 aromatic carbocycles. The molecule has 0 saturated carbocycles. The Hall–Kier alpha value is -1.33. The van der Waals surface area contributed by atoms with E-state index in [9.17, 15) is 4.79 Å². The minimum Gasteiger partial charge on any atom is -0.462 e. The molecule has 1 rings (SSSR count). The predicted molar refractivity (Wildman–Crippen MR) is 89.2 cm³/mol. The lowest BCUT2D eigenvalue weighted by Crippen LogP contribution is -2.30. The molecule has 0 atom stereocenters. The van der Waals surface area contributed by atoms with Crippen molar-refractivity contribution < 1.29 is 19.6 Å². The maximum absolute atomic E-state index is 11.8. The lowest BCUT2D eigenvalue weighted by Gasteiger charge is -2.06. The van der Waals surface area contributed by atoms with E-state index in [1.54, 1.807) is 18.2 Å². The molecule has 5 heteroatoms. The molecular weight excluding hydrogens is 279 g/mol. The largest absolute Gasteiger partial charge is 0.488 e. The van der Waals surface area contributed by atoms with E-state index >= 15 is 0 Å². The molecule has 0 fully saturated rings. The quantitative estimate of drug-likeness (QED) is 0.375. The first-order valence-corrected chi connectivity index (χ1v) is 8.28. The highest BCUT2D eigenvalue weighted by Crippen LogP contribution is 2.09. The zero-order valence-corrected chi connectivity index (χ0v) is 13.5. The average molecular weight is 306 g/mol. The lowest BCUT2D eigenvalue weighted by atomic mass is 9.80. The van der Waals surface area contributed by atoms with Gasteiger partial charge in [0.1, 0.15) is 0 Å². The number of carbonyl (C=O) groups excluding carboxylic acids is 1. The Labute approximate surface area is 133 Å². The smallest absolute Gasteiger partial charge is 0.462 e. The van der Waals surface area contributed by atoms with Gasteiger partial charge in [-0.1, -0.05) is 64.0 Å². The fourth-order valence-corrected chi connectivity index (χ4v) is 2.31. The Kier molecular flexibility index (Phi) is 9.59. The molecule has 0 radical (unpaired) electrons. The van der Waals surface area contributed by atoms with E-state index in [1.165, 1.54) is 44.6 Å². The predicted octanol–water partition coefficient (Wildman–Crippen LogP) is 2.66. The second-order valence-electron chi connectivity index (χ2n) is 5.61. The molecule has 0 saturated heterocycles. The lowest BCUT2D eigenvalue weighted by molar-refractivity contribution is 0.0498. The topological polar surface area (TPSA) is 66.8 Å². The first kappa shape index (κ1) is 18.7. The van der Waals surface area contributed by atoms with Gasteiger partial charge < -0.3 is 14.8 Å². The van der Waals surface area contributed by atoms with Crippen molar-refractivity contribution in [3.8, 4) is 0 Å². The number of esters is 1. The average Bonchev–Trinajstić information content (AvgIpc) is 2.53. The van der Waals surface area contributed by atoms with Gasteiger partial charge in [-0.2, -0.15) is 0 Å². The maximum Gasteiger partial charge on any atom is 0.488 e. The highest BCUT2D eigenvalue weighted by Gasteiger charge is 2.14. The normalized spacial score (nSPS) is 10.5. The van der Waals surface area contributed by atoms with E-state index in [0.29, 0.717) is 17.6 Å². The summed E-state index contributed by atoms with van der Waals surface area (Å²) in [7, 11) is -1.57. The van der Waals surface area contributed by atoms with Crippen molar-refractivity contribution in [2.24, 2.45) is 0 Å². The fourth-order valence-electron chi connectivity index (χ4n) is 2.31. The summed E-state index contributed by atoms with van der Waals surface area (Å²) >= 11 is 0. The van der Waals surface area contributed by atoms with Crippen LogP contribution in [0.25, 0.3) is 0 Å². The number of unbranched alkanes of at least 4 members (excludes halogenated alkanes) is 7. The van der Waals surface area contributed by atoms with Crippen LogP contribution in [-0.2, 0) is 4.74 Å². The molecule has 0 amide bonds. The van der Waals surface area contributed by atoms with Crippen LogP contribution < -0.4 is 5.46 Å². The van der Waals surface area contributed by atoms with Gasteiger partial charge in [0.15, 0.2) is 0 Å². The van der Waals surface area contributed by atoms with Gasteiger partial charge in [-0.3, -0.25) is 0 Å². The molecule has 0 aliphatic carbocycles. The van der Waals surface area contributed by atoms with Crippen molar-refractivity contribution in [1.82, 2.24) is 0 Å². The molecule has 1 aromatic rings. The summed E-state index contributed by atoms with van der Waals surface area (Å²) in [5, 5.41) is 18.2. The van der Waals surface area contributed by atoms with Crippen LogP contribution in [-0.4, -0.2) is 29.7 Å². The number of carbonyl (C=O) groups is 1. The number of rotatable bonds is 11. The van der Waals surface area contributed by atoms with Crippen LogP contribution in [0, 0.1) is 0 Å². The molecule has 4 nitrogen and oxygen atoms in total. The summed E-state index contributed by atoms with van der Waals surface area (Å²) in [6.45, 7) is 2.63. The van der Waals surface area contributed by atoms with Crippen LogP contribution in [0.2, 0.25) is 0 Å². The number of benzene rings is 1. The Bertz CT molecular complexity index is 434. The summed E-state index contributed by atoms with van der Waals surface area (Å²) in [5.74, 6) is -0.412. The standard InChI is InChI=1S/C17H27BO4/c1-2-3-4-5-6-7-8-9-13-22-17(19)15-11-10-12-16(14-15)18(20)21/h10-12,14,20-21H,2-9,13H2,1H3. The van der Waals surface area contributed by atoms with Crippen molar-refractivity contribution in [1.29, 1.82) is 0 Å². The van der Waals surface area contributed by atoms with Crippen molar-refractivity contribution in [2.75, 3.05) is 6.61 Å². The molecule has 2 N–H and O–H groups in total. The maximum atomic E-state index is 11.8. The third-order valence-electron chi connectivity index (χ3n) is 3.65. The zero-order chi connectivity index (χ0) is 16.2. The summed E-state index contributed by atoms with van der Waals surface area (Å²) in [6.07, 6.45) is 9.60. The van der Waals surface area contributed by atoms with Gasteiger partial charge in [-0.15, -0.1) is 0 Å². The van der Waals surface area contributed by atoms with Crippen molar-refractivity contribution in [2.45, 2.75) is 58.3 Å². The van der Waals surface area contributed by atoms with E-state index in [4.69, 9.17) is 14.8 Å². The second kappa shape index (κ2) is 11.3. The number of ether oxygens (including phenoxy) is 1. The highest BCUT2D eigenvalue weighted by atomic mass is 16.5. The highest BCUT2D eigenvalue weighted by molar-refractivity contribution is 6.58. The number of hydrogen-bond donors (Lipinski definition) is 2. The first-order valence-electron chi connectivity index (χ1n) is 8.28. The van der Waals surface area contributed by atoms with Gasteiger partial charge >= 0.3 is 13.1 Å². The molecule has 0 aliphatic rings. The molecule has 0 aliphatic heterocycles. The Morgan fingerprint density at radius 1 is 1.05 bits per heavy atom. The minimum absolute atomic E-state index is 0.293. The van der Waals surface area contributed by atoms with E-state index < -0.39 is 13.1 Å². The summed E-state index contributed by atoms with van der Waals surface area (Å²) in [5.41, 5.74) is 0.645. The van der Waals surface area contributed by atoms with Crippen LogP contribution in [0.1, 0.15) is 68.6 Å². The Balaban J connectivity index is 2.14. The molecule has 0 aromatic heterocycles. The molecule has 122 valence electrons. The summed E-state index contributed by atoms with van der Waals surface area (Å²) in [6, 6.07) is 6.23. The minimum atomic E-state index is -1.57. The van der Waals surface area contributed by atoms with Gasteiger partial charge in [0, 0.05) is 0 Å². The van der Waals surface area contributed by atoms with Crippen molar-refractivity contribution in [3.63, 3.8) is 0 Å². The van der Waals surface area contributed by atoms with E-state index in [2.05, 4.69) is 6.92 Å². The van der Waals surface area contributed by atoms with Crippen LogP contribution >= 0.6 is 0 Å². The van der Waals surface area contributed by atoms with Crippen LogP contribution in [0.3, 0.4) is 0 Å². The molecule has 0 spiro atoms. The Morgan fingerprint density at radius 2 is 1.68 bits per heavy atom. The van der Waals surface area contributed by atoms with Gasteiger partial charge in [-0.05, 0) is 24.0 Å². The zero-order valence-electron chi connectivity index (χ0n) is 13.5. The van der Waals surface area contributed by atoms with Gasteiger partial charge in [0.2, 0.25) is 0 Å².